The highest BCUT2D eigenvalue weighted by Gasteiger charge is 2.16. The van der Waals surface area contributed by atoms with Crippen molar-refractivity contribution in [2.45, 2.75) is 51.8 Å². The minimum absolute atomic E-state index is 0.0880. The van der Waals surface area contributed by atoms with Crippen molar-refractivity contribution in [2.75, 3.05) is 13.1 Å². The summed E-state index contributed by atoms with van der Waals surface area (Å²) in [6, 6.07) is 1.30. The molecule has 0 saturated carbocycles. The van der Waals surface area contributed by atoms with Gasteiger partial charge in [0.15, 0.2) is 0 Å². The summed E-state index contributed by atoms with van der Waals surface area (Å²) in [7, 11) is 0. The molecule has 0 aliphatic carbocycles. The maximum Gasteiger partial charge on any atom is 0.0679 e. The van der Waals surface area contributed by atoms with Gasteiger partial charge in [-0.1, -0.05) is 6.92 Å². The van der Waals surface area contributed by atoms with Crippen molar-refractivity contribution in [3.8, 4) is 0 Å². The second-order valence-electron chi connectivity index (χ2n) is 4.85. The van der Waals surface area contributed by atoms with Gasteiger partial charge >= 0.3 is 0 Å². The van der Waals surface area contributed by atoms with Gasteiger partial charge in [-0.3, -0.25) is 0 Å². The van der Waals surface area contributed by atoms with E-state index in [1.807, 2.05) is 0 Å². The van der Waals surface area contributed by atoms with Gasteiger partial charge in [-0.15, -0.1) is 0 Å². The van der Waals surface area contributed by atoms with Crippen LogP contribution in [0.1, 0.15) is 33.6 Å². The van der Waals surface area contributed by atoms with Crippen LogP contribution in [-0.2, 0) is 0 Å². The van der Waals surface area contributed by atoms with Crippen molar-refractivity contribution < 1.29 is 5.11 Å². The minimum Gasteiger partial charge on any atom is -0.392 e. The molecule has 0 radical (unpaired) electrons. The molecular formula is C11H24N2O. The van der Waals surface area contributed by atoms with E-state index in [1.54, 1.807) is 0 Å². The monoisotopic (exact) mass is 200 g/mol. The standard InChI is InChI=1S/C6H13N.C5H11NO/c1-5-3-6(2)7-4-5;1-4-2-5(7)3-6-4/h5-7H,3-4H2,1-2H3;4-7H,2-3H2,1H3/t5-,6+;4-,5+/m10/s1. The lowest BCUT2D eigenvalue weighted by molar-refractivity contribution is 0.194. The molecule has 3 heteroatoms. The molecule has 2 aliphatic rings. The molecule has 3 nitrogen and oxygen atoms in total. The van der Waals surface area contributed by atoms with Gasteiger partial charge in [0.25, 0.3) is 0 Å². The van der Waals surface area contributed by atoms with E-state index in [0.29, 0.717) is 6.04 Å². The third-order valence-corrected chi connectivity index (χ3v) is 2.90. The van der Waals surface area contributed by atoms with Crippen molar-refractivity contribution in [3.63, 3.8) is 0 Å². The second-order valence-corrected chi connectivity index (χ2v) is 4.85. The second kappa shape index (κ2) is 5.69. The molecule has 2 aliphatic heterocycles. The summed E-state index contributed by atoms with van der Waals surface area (Å²) in [5, 5.41) is 15.3. The first-order valence-corrected chi connectivity index (χ1v) is 5.72. The Morgan fingerprint density at radius 1 is 0.929 bits per heavy atom. The average Bonchev–Trinajstić information content (AvgIpc) is 2.63. The molecule has 4 atom stereocenters. The van der Waals surface area contributed by atoms with Crippen LogP contribution in [0.5, 0.6) is 0 Å². The fourth-order valence-corrected chi connectivity index (χ4v) is 2.08. The van der Waals surface area contributed by atoms with Crippen LogP contribution in [0.2, 0.25) is 0 Å². The molecule has 0 aromatic carbocycles. The third-order valence-electron chi connectivity index (χ3n) is 2.90. The molecule has 2 heterocycles. The van der Waals surface area contributed by atoms with Gasteiger partial charge in [0.1, 0.15) is 0 Å². The van der Waals surface area contributed by atoms with Gasteiger partial charge in [-0.25, -0.2) is 0 Å². The van der Waals surface area contributed by atoms with E-state index in [1.165, 1.54) is 13.0 Å². The molecule has 0 aromatic rings. The number of aliphatic hydroxyl groups excluding tert-OH is 1. The molecule has 0 bridgehead atoms. The number of rotatable bonds is 0. The number of hydrogen-bond donors (Lipinski definition) is 3. The van der Waals surface area contributed by atoms with Crippen molar-refractivity contribution in [3.05, 3.63) is 0 Å². The van der Waals surface area contributed by atoms with Crippen LogP contribution in [0.25, 0.3) is 0 Å². The van der Waals surface area contributed by atoms with Crippen LogP contribution in [0, 0.1) is 5.92 Å². The van der Waals surface area contributed by atoms with Gasteiger partial charge in [0.2, 0.25) is 0 Å². The summed E-state index contributed by atoms with van der Waals surface area (Å²) in [5.41, 5.74) is 0. The van der Waals surface area contributed by atoms with E-state index < -0.39 is 0 Å². The Balaban J connectivity index is 0.000000140. The normalized spacial score (nSPS) is 42.0. The molecule has 0 unspecified atom stereocenters. The highest BCUT2D eigenvalue weighted by atomic mass is 16.3. The van der Waals surface area contributed by atoms with E-state index in [4.69, 9.17) is 5.11 Å². The smallest absolute Gasteiger partial charge is 0.0679 e. The van der Waals surface area contributed by atoms with E-state index in [0.717, 1.165) is 24.9 Å². The first kappa shape index (κ1) is 12.0. The maximum absolute atomic E-state index is 8.84. The number of nitrogens with one attached hydrogen (secondary N) is 2. The SMILES string of the molecule is C[C@H]1CN[C@@H](C)C1.C[C@H]1C[C@@H](O)CN1. The highest BCUT2D eigenvalue weighted by Crippen LogP contribution is 2.10. The molecule has 84 valence electrons. The van der Waals surface area contributed by atoms with Gasteiger partial charge in [0, 0.05) is 18.6 Å². The summed E-state index contributed by atoms with van der Waals surface area (Å²) in [4.78, 5) is 0. The van der Waals surface area contributed by atoms with Crippen LogP contribution in [-0.4, -0.2) is 36.4 Å². The number of hydrogen-bond acceptors (Lipinski definition) is 3. The van der Waals surface area contributed by atoms with E-state index in [-0.39, 0.29) is 6.10 Å². The first-order valence-electron chi connectivity index (χ1n) is 5.72. The molecule has 0 aromatic heterocycles. The van der Waals surface area contributed by atoms with Gasteiger partial charge in [-0.05, 0) is 39.2 Å². The molecule has 0 amide bonds. The highest BCUT2D eigenvalue weighted by molar-refractivity contribution is 4.76. The lowest BCUT2D eigenvalue weighted by Crippen LogP contribution is -2.17. The Bertz CT molecular complexity index is 129. The van der Waals surface area contributed by atoms with E-state index in [9.17, 15) is 0 Å². The predicted molar refractivity (Wildman–Crippen MR) is 59.3 cm³/mol. The molecule has 2 rings (SSSR count). The largest absolute Gasteiger partial charge is 0.392 e. The molecule has 2 saturated heterocycles. The molecule has 14 heavy (non-hydrogen) atoms. The topological polar surface area (TPSA) is 44.3 Å². The molecule has 3 N–H and O–H groups in total. The summed E-state index contributed by atoms with van der Waals surface area (Å²) >= 11 is 0. The van der Waals surface area contributed by atoms with E-state index >= 15 is 0 Å². The van der Waals surface area contributed by atoms with Gasteiger partial charge in [0.05, 0.1) is 6.10 Å². The van der Waals surface area contributed by atoms with Gasteiger partial charge in [-0.2, -0.15) is 0 Å². The van der Waals surface area contributed by atoms with Crippen LogP contribution >= 0.6 is 0 Å². The number of aliphatic hydroxyl groups is 1. The lowest BCUT2D eigenvalue weighted by atomic mass is 10.1. The average molecular weight is 200 g/mol. The first-order chi connectivity index (χ1) is 6.58. The third kappa shape index (κ3) is 4.40. The Hall–Kier alpha value is -0.120. The summed E-state index contributed by atoms with van der Waals surface area (Å²) < 4.78 is 0. The molecule has 0 spiro atoms. The summed E-state index contributed by atoms with van der Waals surface area (Å²) in [5.74, 6) is 0.912. The summed E-state index contributed by atoms with van der Waals surface area (Å²) in [6.07, 6.45) is 2.19. The summed E-state index contributed by atoms with van der Waals surface area (Å²) in [6.45, 7) is 8.61. The fraction of sp³-hybridized carbons (Fsp3) is 1.00. The lowest BCUT2D eigenvalue weighted by Gasteiger charge is -1.96. The van der Waals surface area contributed by atoms with Crippen LogP contribution in [0.3, 0.4) is 0 Å². The Morgan fingerprint density at radius 3 is 1.64 bits per heavy atom. The molecular weight excluding hydrogens is 176 g/mol. The zero-order valence-corrected chi connectivity index (χ0v) is 9.59. The fourth-order valence-electron chi connectivity index (χ4n) is 2.08. The molecule has 2 fully saturated rings. The quantitative estimate of drug-likeness (QED) is 0.540. The Morgan fingerprint density at radius 2 is 1.50 bits per heavy atom. The number of β-amino-alcohol motifs (C(OH)–C–C–N with tert-alkyl or cyclic N) is 1. The van der Waals surface area contributed by atoms with Crippen molar-refractivity contribution >= 4 is 0 Å². The van der Waals surface area contributed by atoms with Crippen LogP contribution in [0.15, 0.2) is 0 Å². The van der Waals surface area contributed by atoms with Crippen molar-refractivity contribution in [1.82, 2.24) is 10.6 Å². The van der Waals surface area contributed by atoms with Crippen molar-refractivity contribution in [1.29, 1.82) is 0 Å². The zero-order valence-electron chi connectivity index (χ0n) is 9.59. The Kier molecular flexibility index (Phi) is 4.85. The van der Waals surface area contributed by atoms with Crippen LogP contribution < -0.4 is 10.6 Å². The van der Waals surface area contributed by atoms with Crippen LogP contribution in [0.4, 0.5) is 0 Å². The Labute approximate surface area is 87.3 Å². The van der Waals surface area contributed by atoms with Gasteiger partial charge < -0.3 is 15.7 Å². The zero-order chi connectivity index (χ0) is 10.6. The van der Waals surface area contributed by atoms with E-state index in [2.05, 4.69) is 31.4 Å². The minimum atomic E-state index is -0.0880. The van der Waals surface area contributed by atoms with Crippen molar-refractivity contribution in [2.24, 2.45) is 5.92 Å². The predicted octanol–water partition coefficient (Wildman–Crippen LogP) is 0.733. The maximum atomic E-state index is 8.84.